The van der Waals surface area contributed by atoms with Gasteiger partial charge in [0.2, 0.25) is 0 Å². The van der Waals surface area contributed by atoms with Crippen molar-refractivity contribution in [2.75, 3.05) is 5.32 Å². The Morgan fingerprint density at radius 2 is 1.79 bits per heavy atom. The van der Waals surface area contributed by atoms with Gasteiger partial charge in [-0.05, 0) is 44.0 Å². The van der Waals surface area contributed by atoms with Gasteiger partial charge in [-0.25, -0.2) is 9.78 Å². The second-order valence-electron chi connectivity index (χ2n) is 5.99. The second-order valence-corrected chi connectivity index (χ2v) is 6.71. The molecule has 0 aliphatic rings. The Bertz CT molecular complexity index is 935. The van der Waals surface area contributed by atoms with E-state index in [-0.39, 0.29) is 27.3 Å². The number of pyridine rings is 2. The number of nitrogens with one attached hydrogen (secondary N) is 2. The van der Waals surface area contributed by atoms with Crippen molar-refractivity contribution < 1.29 is 22.8 Å². The summed E-state index contributed by atoms with van der Waals surface area (Å²) in [7, 11) is 0. The molecule has 0 aromatic carbocycles. The van der Waals surface area contributed by atoms with Crippen LogP contribution in [0.25, 0.3) is 0 Å². The Balaban J connectivity index is 2.25. The van der Waals surface area contributed by atoms with E-state index in [4.69, 9.17) is 23.2 Å². The van der Waals surface area contributed by atoms with Crippen molar-refractivity contribution in [3.8, 4) is 0 Å². The van der Waals surface area contributed by atoms with Gasteiger partial charge in [0.15, 0.2) is 0 Å². The lowest BCUT2D eigenvalue weighted by atomic mass is 10.0. The van der Waals surface area contributed by atoms with Gasteiger partial charge in [-0.3, -0.25) is 15.1 Å². The maximum Gasteiger partial charge on any atom is 0.397 e. The maximum atomic E-state index is 13.1. The van der Waals surface area contributed by atoms with E-state index in [0.29, 0.717) is 11.1 Å². The first-order chi connectivity index (χ1) is 12.9. The standard InChI is InChI=1S/C17H15Cl2F3N4O2/c1-7-4-5-23-12(9(3)17(20,21)22)11(7)24-16(28)26-15(27)10-6-8(2)13(18)25-14(10)19/h4-6,9H,1-3H3,(H2,24,26,27,28). The fourth-order valence-corrected chi connectivity index (χ4v) is 2.68. The predicted octanol–water partition coefficient (Wildman–Crippen LogP) is 5.03. The van der Waals surface area contributed by atoms with Crippen LogP contribution in [-0.4, -0.2) is 28.1 Å². The van der Waals surface area contributed by atoms with Crippen molar-refractivity contribution in [2.45, 2.75) is 32.9 Å². The molecular weight excluding hydrogens is 420 g/mol. The molecule has 0 spiro atoms. The number of nitrogens with zero attached hydrogens (tertiary/aromatic N) is 2. The highest BCUT2D eigenvalue weighted by Crippen LogP contribution is 2.37. The minimum atomic E-state index is -4.55. The Morgan fingerprint density at radius 1 is 1.14 bits per heavy atom. The first kappa shape index (κ1) is 21.9. The molecule has 3 amide bonds. The Hall–Kier alpha value is -2.39. The molecule has 0 aliphatic carbocycles. The van der Waals surface area contributed by atoms with Crippen molar-refractivity contribution in [1.29, 1.82) is 0 Å². The molecule has 2 heterocycles. The molecule has 0 saturated heterocycles. The summed E-state index contributed by atoms with van der Waals surface area (Å²) in [5.41, 5.74) is 0.212. The number of anilines is 1. The van der Waals surface area contributed by atoms with Gasteiger partial charge in [0.05, 0.1) is 22.9 Å². The van der Waals surface area contributed by atoms with E-state index in [2.05, 4.69) is 15.3 Å². The number of carbonyl (C=O) groups excluding carboxylic acids is 2. The molecule has 1 atom stereocenters. The molecule has 6 nitrogen and oxygen atoms in total. The van der Waals surface area contributed by atoms with E-state index < -0.39 is 24.0 Å². The SMILES string of the molecule is Cc1cc(C(=O)NC(=O)Nc2c(C)ccnc2C(C)C(F)(F)F)c(Cl)nc1Cl. The van der Waals surface area contributed by atoms with Crippen LogP contribution in [0, 0.1) is 13.8 Å². The number of imide groups is 1. The van der Waals surface area contributed by atoms with Crippen LogP contribution in [-0.2, 0) is 0 Å². The van der Waals surface area contributed by atoms with Crippen LogP contribution >= 0.6 is 23.2 Å². The number of urea groups is 1. The molecule has 2 N–H and O–H groups in total. The summed E-state index contributed by atoms with van der Waals surface area (Å²) >= 11 is 11.7. The minimum Gasteiger partial charge on any atom is -0.306 e. The Labute approximate surface area is 168 Å². The van der Waals surface area contributed by atoms with E-state index in [0.717, 1.165) is 6.92 Å². The van der Waals surface area contributed by atoms with Gasteiger partial charge in [0.1, 0.15) is 10.3 Å². The van der Waals surface area contributed by atoms with Crippen LogP contribution in [0.1, 0.15) is 40.0 Å². The van der Waals surface area contributed by atoms with Crippen molar-refractivity contribution in [2.24, 2.45) is 0 Å². The van der Waals surface area contributed by atoms with Gasteiger partial charge in [-0.1, -0.05) is 23.2 Å². The van der Waals surface area contributed by atoms with Crippen molar-refractivity contribution in [3.05, 3.63) is 51.0 Å². The van der Waals surface area contributed by atoms with Gasteiger partial charge in [0.25, 0.3) is 5.91 Å². The fraction of sp³-hybridized carbons (Fsp3) is 0.294. The molecule has 0 radical (unpaired) electrons. The number of aromatic nitrogens is 2. The maximum absolute atomic E-state index is 13.1. The summed E-state index contributed by atoms with van der Waals surface area (Å²) in [5.74, 6) is -2.81. The quantitative estimate of drug-likeness (QED) is 0.663. The largest absolute Gasteiger partial charge is 0.397 e. The number of halogens is 5. The van der Waals surface area contributed by atoms with Gasteiger partial charge in [0, 0.05) is 6.20 Å². The summed E-state index contributed by atoms with van der Waals surface area (Å²) in [6.07, 6.45) is -3.34. The van der Waals surface area contributed by atoms with Crippen LogP contribution in [0.2, 0.25) is 10.3 Å². The number of alkyl halides is 3. The van der Waals surface area contributed by atoms with E-state index >= 15 is 0 Å². The van der Waals surface area contributed by atoms with E-state index in [1.54, 1.807) is 6.92 Å². The fourth-order valence-electron chi connectivity index (χ4n) is 2.27. The Kier molecular flexibility index (Phi) is 6.51. The van der Waals surface area contributed by atoms with Crippen LogP contribution in [0.15, 0.2) is 18.3 Å². The number of hydrogen-bond donors (Lipinski definition) is 2. The van der Waals surface area contributed by atoms with Crippen LogP contribution in [0.5, 0.6) is 0 Å². The highest BCUT2D eigenvalue weighted by Gasteiger charge is 2.39. The molecule has 0 fully saturated rings. The zero-order valence-electron chi connectivity index (χ0n) is 14.9. The van der Waals surface area contributed by atoms with Crippen molar-refractivity contribution >= 4 is 40.8 Å². The molecule has 2 aromatic rings. The van der Waals surface area contributed by atoms with Gasteiger partial charge in [-0.2, -0.15) is 13.2 Å². The molecule has 150 valence electrons. The lowest BCUT2D eigenvalue weighted by molar-refractivity contribution is -0.146. The molecular formula is C17H15Cl2F3N4O2. The van der Waals surface area contributed by atoms with Gasteiger partial charge in [-0.15, -0.1) is 0 Å². The van der Waals surface area contributed by atoms with Gasteiger partial charge >= 0.3 is 12.2 Å². The highest BCUT2D eigenvalue weighted by molar-refractivity contribution is 6.35. The lowest BCUT2D eigenvalue weighted by Gasteiger charge is -2.20. The van der Waals surface area contributed by atoms with E-state index in [1.807, 2.05) is 5.32 Å². The smallest absolute Gasteiger partial charge is 0.306 e. The molecule has 1 unspecified atom stereocenters. The zero-order chi connectivity index (χ0) is 21.2. The molecule has 2 rings (SSSR count). The summed E-state index contributed by atoms with van der Waals surface area (Å²) < 4.78 is 39.2. The lowest BCUT2D eigenvalue weighted by Crippen LogP contribution is -2.35. The summed E-state index contributed by atoms with van der Waals surface area (Å²) in [6.45, 7) is 4.03. The normalized spacial score (nSPS) is 12.4. The number of carbonyl (C=O) groups is 2. The number of aryl methyl sites for hydroxylation is 2. The third-order valence-electron chi connectivity index (χ3n) is 3.90. The summed E-state index contributed by atoms with van der Waals surface area (Å²) in [4.78, 5) is 32.0. The average molecular weight is 435 g/mol. The zero-order valence-corrected chi connectivity index (χ0v) is 16.4. The monoisotopic (exact) mass is 434 g/mol. The first-order valence-corrected chi connectivity index (χ1v) is 8.64. The average Bonchev–Trinajstić information content (AvgIpc) is 2.58. The molecule has 0 saturated carbocycles. The molecule has 2 aromatic heterocycles. The third-order valence-corrected chi connectivity index (χ3v) is 4.58. The number of amides is 3. The van der Waals surface area contributed by atoms with E-state index in [1.165, 1.54) is 25.3 Å². The molecule has 11 heteroatoms. The topological polar surface area (TPSA) is 84.0 Å². The summed E-state index contributed by atoms with van der Waals surface area (Å²) in [6, 6.07) is 1.74. The molecule has 0 aliphatic heterocycles. The summed E-state index contributed by atoms with van der Waals surface area (Å²) in [5, 5.41) is 4.14. The number of rotatable bonds is 3. The Morgan fingerprint density at radius 3 is 2.39 bits per heavy atom. The van der Waals surface area contributed by atoms with Crippen molar-refractivity contribution in [1.82, 2.24) is 15.3 Å². The number of hydrogen-bond acceptors (Lipinski definition) is 4. The first-order valence-electron chi connectivity index (χ1n) is 7.89. The molecule has 28 heavy (non-hydrogen) atoms. The second kappa shape index (κ2) is 8.32. The minimum absolute atomic E-state index is 0.0998. The van der Waals surface area contributed by atoms with Crippen molar-refractivity contribution in [3.63, 3.8) is 0 Å². The predicted molar refractivity (Wildman–Crippen MR) is 98.9 cm³/mol. The van der Waals surface area contributed by atoms with Gasteiger partial charge < -0.3 is 5.32 Å². The third kappa shape index (κ3) is 4.90. The highest BCUT2D eigenvalue weighted by atomic mass is 35.5. The molecule has 0 bridgehead atoms. The van der Waals surface area contributed by atoms with Crippen LogP contribution in [0.3, 0.4) is 0 Å². The van der Waals surface area contributed by atoms with Crippen LogP contribution in [0.4, 0.5) is 23.7 Å². The van der Waals surface area contributed by atoms with E-state index in [9.17, 15) is 22.8 Å². The van der Waals surface area contributed by atoms with Crippen LogP contribution < -0.4 is 10.6 Å².